The van der Waals surface area contributed by atoms with Crippen LogP contribution in [-0.2, 0) is 21.7 Å². The average Bonchev–Trinajstić information content (AvgIpc) is 3.09. The standard InChI is InChI=1S/C24H27N5O3/c1-15-13-31-12-11-29(15)23-18-14-32-24(2,3)21(18)27-22(28-23)16-7-9-17(10-8-16)25-19-5-4-6-20(30)26-19/h4-10,15H,11-14H2,1-3H3,(H2,25,26,30)/t15-/m0/s1. The number of rotatable bonds is 4. The second-order valence-corrected chi connectivity index (χ2v) is 8.75. The van der Waals surface area contributed by atoms with Crippen molar-refractivity contribution in [2.75, 3.05) is 30.0 Å². The van der Waals surface area contributed by atoms with Crippen molar-refractivity contribution in [1.82, 2.24) is 15.0 Å². The van der Waals surface area contributed by atoms with E-state index < -0.39 is 5.60 Å². The molecule has 0 amide bonds. The number of nitrogens with zero attached hydrogens (tertiary/aromatic N) is 3. The van der Waals surface area contributed by atoms with Crippen LogP contribution in [0.15, 0.2) is 47.3 Å². The van der Waals surface area contributed by atoms with E-state index in [0.717, 1.165) is 34.9 Å². The summed E-state index contributed by atoms with van der Waals surface area (Å²) in [6.45, 7) is 8.93. The van der Waals surface area contributed by atoms with E-state index in [0.29, 0.717) is 31.5 Å². The number of hydrogen-bond donors (Lipinski definition) is 2. The highest BCUT2D eigenvalue weighted by atomic mass is 16.5. The lowest BCUT2D eigenvalue weighted by molar-refractivity contribution is -0.0100. The van der Waals surface area contributed by atoms with Crippen molar-refractivity contribution in [3.05, 3.63) is 64.1 Å². The molecular formula is C24H27N5O3. The third-order valence-electron chi connectivity index (χ3n) is 5.96. The number of hydrogen-bond acceptors (Lipinski definition) is 7. The van der Waals surface area contributed by atoms with Gasteiger partial charge >= 0.3 is 0 Å². The van der Waals surface area contributed by atoms with Gasteiger partial charge in [0.2, 0.25) is 5.56 Å². The molecule has 1 aromatic carbocycles. The Morgan fingerprint density at radius 1 is 1.16 bits per heavy atom. The molecule has 0 spiro atoms. The fourth-order valence-corrected chi connectivity index (χ4v) is 4.21. The van der Waals surface area contributed by atoms with Crippen molar-refractivity contribution in [1.29, 1.82) is 0 Å². The number of aromatic amines is 1. The van der Waals surface area contributed by atoms with E-state index in [2.05, 4.69) is 36.0 Å². The van der Waals surface area contributed by atoms with Crippen molar-refractivity contribution in [2.24, 2.45) is 0 Å². The first-order valence-corrected chi connectivity index (χ1v) is 10.9. The van der Waals surface area contributed by atoms with Gasteiger partial charge in [-0.1, -0.05) is 6.07 Å². The minimum absolute atomic E-state index is 0.145. The van der Waals surface area contributed by atoms with Gasteiger partial charge in [-0.25, -0.2) is 9.97 Å². The maximum Gasteiger partial charge on any atom is 0.249 e. The second kappa shape index (κ2) is 8.03. The van der Waals surface area contributed by atoms with Crippen molar-refractivity contribution in [2.45, 2.75) is 39.0 Å². The first kappa shape index (κ1) is 20.7. The van der Waals surface area contributed by atoms with Crippen LogP contribution in [0.4, 0.5) is 17.3 Å². The summed E-state index contributed by atoms with van der Waals surface area (Å²) in [5.41, 5.74) is 3.19. The summed E-state index contributed by atoms with van der Waals surface area (Å²) >= 11 is 0. The highest BCUT2D eigenvalue weighted by Crippen LogP contribution is 2.40. The summed E-state index contributed by atoms with van der Waals surface area (Å²) in [5.74, 6) is 2.26. The maximum absolute atomic E-state index is 11.5. The Hall–Kier alpha value is -3.23. The SMILES string of the molecule is C[C@H]1COCCN1c1nc(-c2ccc(Nc3cccc(=O)[nH]3)cc2)nc2c1COC2(C)C. The zero-order chi connectivity index (χ0) is 22.3. The zero-order valence-corrected chi connectivity index (χ0v) is 18.5. The van der Waals surface area contributed by atoms with Crippen molar-refractivity contribution in [3.8, 4) is 11.4 Å². The summed E-state index contributed by atoms with van der Waals surface area (Å²) in [7, 11) is 0. The van der Waals surface area contributed by atoms with Gasteiger partial charge in [0.1, 0.15) is 17.2 Å². The summed E-state index contributed by atoms with van der Waals surface area (Å²) in [4.78, 5) is 26.5. The lowest BCUT2D eigenvalue weighted by Crippen LogP contribution is -2.44. The normalized spacial score (nSPS) is 19.6. The number of H-pyrrole nitrogens is 1. The number of benzene rings is 1. The molecule has 0 aliphatic carbocycles. The topological polar surface area (TPSA) is 92.4 Å². The van der Waals surface area contributed by atoms with Gasteiger partial charge in [0.05, 0.1) is 31.6 Å². The van der Waals surface area contributed by atoms with Gasteiger partial charge in [0.25, 0.3) is 0 Å². The van der Waals surface area contributed by atoms with E-state index in [1.54, 1.807) is 6.07 Å². The molecule has 3 aromatic rings. The monoisotopic (exact) mass is 433 g/mol. The molecule has 1 atom stereocenters. The third-order valence-corrected chi connectivity index (χ3v) is 5.96. The molecular weight excluding hydrogens is 406 g/mol. The molecule has 0 bridgehead atoms. The fraction of sp³-hybridized carbons (Fsp3) is 0.375. The number of ether oxygens (including phenoxy) is 2. The van der Waals surface area contributed by atoms with E-state index in [9.17, 15) is 4.79 Å². The lowest BCUT2D eigenvalue weighted by Gasteiger charge is -2.35. The highest BCUT2D eigenvalue weighted by Gasteiger charge is 2.38. The third kappa shape index (κ3) is 3.87. The lowest BCUT2D eigenvalue weighted by atomic mass is 10.0. The van der Waals surface area contributed by atoms with Gasteiger partial charge in [0, 0.05) is 29.4 Å². The van der Waals surface area contributed by atoms with Crippen molar-refractivity contribution >= 4 is 17.3 Å². The Morgan fingerprint density at radius 3 is 2.72 bits per heavy atom. The van der Waals surface area contributed by atoms with E-state index >= 15 is 0 Å². The van der Waals surface area contributed by atoms with Crippen LogP contribution in [0.3, 0.4) is 0 Å². The van der Waals surface area contributed by atoms with E-state index in [-0.39, 0.29) is 11.6 Å². The molecule has 5 rings (SSSR count). The van der Waals surface area contributed by atoms with E-state index in [1.807, 2.05) is 30.3 Å². The summed E-state index contributed by atoms with van der Waals surface area (Å²) in [6.07, 6.45) is 0. The van der Waals surface area contributed by atoms with E-state index in [4.69, 9.17) is 19.4 Å². The Morgan fingerprint density at radius 2 is 1.97 bits per heavy atom. The number of fused-ring (bicyclic) bond motifs is 1. The zero-order valence-electron chi connectivity index (χ0n) is 18.5. The van der Waals surface area contributed by atoms with Crippen LogP contribution in [0.5, 0.6) is 0 Å². The first-order valence-electron chi connectivity index (χ1n) is 10.9. The number of nitrogens with one attached hydrogen (secondary N) is 2. The van der Waals surface area contributed by atoms with Crippen LogP contribution in [0, 0.1) is 0 Å². The summed E-state index contributed by atoms with van der Waals surface area (Å²) in [5, 5.41) is 3.21. The molecule has 0 saturated carbocycles. The van der Waals surface area contributed by atoms with Crippen molar-refractivity contribution in [3.63, 3.8) is 0 Å². The molecule has 2 aliphatic heterocycles. The van der Waals surface area contributed by atoms with Crippen LogP contribution in [0.2, 0.25) is 0 Å². The van der Waals surface area contributed by atoms with Gasteiger partial charge < -0.3 is 24.7 Å². The van der Waals surface area contributed by atoms with Gasteiger partial charge in [-0.15, -0.1) is 0 Å². The quantitative estimate of drug-likeness (QED) is 0.650. The largest absolute Gasteiger partial charge is 0.377 e. The minimum atomic E-state index is -0.460. The number of morpholine rings is 1. The average molecular weight is 434 g/mol. The second-order valence-electron chi connectivity index (χ2n) is 8.75. The molecule has 8 nitrogen and oxygen atoms in total. The molecule has 2 N–H and O–H groups in total. The predicted molar refractivity (Wildman–Crippen MR) is 123 cm³/mol. The number of anilines is 3. The van der Waals surface area contributed by atoms with Gasteiger partial charge in [-0.05, 0) is 51.1 Å². The Labute approximate surface area is 186 Å². The maximum atomic E-state index is 11.5. The molecule has 4 heterocycles. The van der Waals surface area contributed by atoms with Crippen molar-refractivity contribution < 1.29 is 9.47 Å². The van der Waals surface area contributed by atoms with Crippen LogP contribution in [-0.4, -0.2) is 40.8 Å². The molecule has 32 heavy (non-hydrogen) atoms. The molecule has 1 fully saturated rings. The Kier molecular flexibility index (Phi) is 5.19. The van der Waals surface area contributed by atoms with Gasteiger partial charge in [-0.2, -0.15) is 0 Å². The Balaban J connectivity index is 1.50. The number of aromatic nitrogens is 3. The highest BCUT2D eigenvalue weighted by molar-refractivity contribution is 5.66. The fourth-order valence-electron chi connectivity index (χ4n) is 4.21. The Bertz CT molecular complexity index is 1190. The number of pyridine rings is 1. The van der Waals surface area contributed by atoms with Crippen LogP contribution < -0.4 is 15.8 Å². The molecule has 2 aromatic heterocycles. The van der Waals surface area contributed by atoms with Crippen LogP contribution in [0.1, 0.15) is 32.0 Å². The first-order chi connectivity index (χ1) is 15.4. The molecule has 1 saturated heterocycles. The van der Waals surface area contributed by atoms with Gasteiger partial charge in [0.15, 0.2) is 5.82 Å². The van der Waals surface area contributed by atoms with Gasteiger partial charge in [-0.3, -0.25) is 4.79 Å². The molecule has 8 heteroatoms. The summed E-state index contributed by atoms with van der Waals surface area (Å²) < 4.78 is 11.7. The predicted octanol–water partition coefficient (Wildman–Crippen LogP) is 3.57. The molecule has 2 aliphatic rings. The van der Waals surface area contributed by atoms with Crippen LogP contribution in [0.25, 0.3) is 11.4 Å². The minimum Gasteiger partial charge on any atom is -0.377 e. The van der Waals surface area contributed by atoms with E-state index in [1.165, 1.54) is 6.07 Å². The van der Waals surface area contributed by atoms with Crippen LogP contribution >= 0.6 is 0 Å². The molecule has 0 radical (unpaired) electrons. The smallest absolute Gasteiger partial charge is 0.249 e. The molecule has 0 unspecified atom stereocenters. The summed E-state index contributed by atoms with van der Waals surface area (Å²) in [6, 6.07) is 13.1. The molecule has 166 valence electrons.